The third-order valence-corrected chi connectivity index (χ3v) is 1.15. The predicted octanol–water partition coefficient (Wildman–Crippen LogP) is 1.06. The summed E-state index contributed by atoms with van der Waals surface area (Å²) >= 11 is 0. The minimum Gasteiger partial charge on any atom is -0.515 e. The fourth-order valence-corrected chi connectivity index (χ4v) is 0.361. The largest absolute Gasteiger partial charge is 0.515 e. The fraction of sp³-hybridized carbons (Fsp3) is 0.400. The molecule has 5 nitrogen and oxygen atoms in total. The van der Waals surface area contributed by atoms with E-state index in [0.717, 1.165) is 18.8 Å². The summed E-state index contributed by atoms with van der Waals surface area (Å²) in [4.78, 5) is 20.2. The second kappa shape index (κ2) is 10.3. The van der Waals surface area contributed by atoms with Gasteiger partial charge < -0.3 is 15.6 Å². The van der Waals surface area contributed by atoms with Crippen LogP contribution in [0.4, 0.5) is 0 Å². The van der Waals surface area contributed by atoms with Crippen molar-refractivity contribution in [2.45, 2.75) is 20.3 Å². The van der Waals surface area contributed by atoms with Gasteiger partial charge in [0, 0.05) is 0 Å². The third-order valence-electron chi connectivity index (χ3n) is 1.15. The predicted molar refractivity (Wildman–Crippen MR) is 57.0 cm³/mol. The molecular weight excluding hydrogens is 198 g/mol. The molecule has 0 aliphatic carbocycles. The van der Waals surface area contributed by atoms with Gasteiger partial charge in [0.25, 0.3) is 0 Å². The zero-order valence-corrected chi connectivity index (χ0v) is 9.03. The van der Waals surface area contributed by atoms with Crippen molar-refractivity contribution < 1.29 is 19.4 Å². The van der Waals surface area contributed by atoms with Crippen molar-refractivity contribution in [2.75, 3.05) is 6.61 Å². The molecule has 0 aliphatic rings. The van der Waals surface area contributed by atoms with Crippen LogP contribution in [0.25, 0.3) is 0 Å². The molecular formula is C10H17NO4. The zero-order valence-electron chi connectivity index (χ0n) is 9.03. The van der Waals surface area contributed by atoms with Crippen LogP contribution in [0.1, 0.15) is 20.3 Å². The molecule has 0 unspecified atom stereocenters. The lowest BCUT2D eigenvalue weighted by Crippen LogP contribution is -2.06. The van der Waals surface area contributed by atoms with Gasteiger partial charge in [-0.3, -0.25) is 4.79 Å². The van der Waals surface area contributed by atoms with Crippen LogP contribution in [0.5, 0.6) is 0 Å². The zero-order chi connectivity index (χ0) is 12.3. The number of primary amides is 1. The molecule has 0 aliphatic heterocycles. The van der Waals surface area contributed by atoms with Crippen molar-refractivity contribution in [3.8, 4) is 0 Å². The molecule has 0 atom stereocenters. The molecule has 0 heterocycles. The molecule has 0 rings (SSSR count). The van der Waals surface area contributed by atoms with Gasteiger partial charge in [0.15, 0.2) is 0 Å². The van der Waals surface area contributed by atoms with Crippen molar-refractivity contribution in [3.05, 3.63) is 24.5 Å². The molecule has 0 saturated carbocycles. The van der Waals surface area contributed by atoms with E-state index in [9.17, 15) is 9.59 Å². The average molecular weight is 215 g/mol. The Morgan fingerprint density at radius 2 is 2.00 bits per heavy atom. The molecule has 3 N–H and O–H groups in total. The Kier molecular flexibility index (Phi) is 10.8. The molecule has 86 valence electrons. The molecule has 0 saturated heterocycles. The van der Waals surface area contributed by atoms with Crippen LogP contribution in [0.3, 0.4) is 0 Å². The first-order chi connectivity index (χ1) is 6.99. The van der Waals surface area contributed by atoms with Crippen LogP contribution in [0.2, 0.25) is 0 Å². The minimum atomic E-state index is -0.481. The van der Waals surface area contributed by atoms with Crippen molar-refractivity contribution in [2.24, 2.45) is 5.73 Å². The van der Waals surface area contributed by atoms with Gasteiger partial charge in [-0.15, -0.1) is 0 Å². The number of hydrogen-bond donors (Lipinski definition) is 2. The van der Waals surface area contributed by atoms with Gasteiger partial charge in [0.1, 0.15) is 0 Å². The number of esters is 1. The lowest BCUT2D eigenvalue weighted by atomic mass is 10.3. The van der Waals surface area contributed by atoms with Gasteiger partial charge in [-0.1, -0.05) is 13.5 Å². The number of hydrogen-bond acceptors (Lipinski definition) is 4. The highest BCUT2D eigenvalue weighted by atomic mass is 16.5. The minimum absolute atomic E-state index is 0.230. The maximum atomic E-state index is 10.7. The van der Waals surface area contributed by atoms with E-state index in [2.05, 4.69) is 17.0 Å². The van der Waals surface area contributed by atoms with E-state index in [1.54, 1.807) is 0 Å². The highest BCUT2D eigenvalue weighted by molar-refractivity contribution is 5.87. The van der Waals surface area contributed by atoms with Crippen LogP contribution in [-0.2, 0) is 14.3 Å². The first-order valence-corrected chi connectivity index (χ1v) is 4.39. The van der Waals surface area contributed by atoms with E-state index >= 15 is 0 Å². The fourth-order valence-electron chi connectivity index (χ4n) is 0.361. The van der Waals surface area contributed by atoms with Crippen molar-refractivity contribution in [1.29, 1.82) is 0 Å². The van der Waals surface area contributed by atoms with E-state index in [0.29, 0.717) is 6.61 Å². The van der Waals surface area contributed by atoms with Gasteiger partial charge in [-0.25, -0.2) is 4.79 Å². The number of aliphatic hydroxyl groups is 1. The van der Waals surface area contributed by atoms with E-state index in [1.165, 1.54) is 6.92 Å². The molecule has 0 spiro atoms. The second-order valence-electron chi connectivity index (χ2n) is 2.55. The molecule has 0 aromatic carbocycles. The summed E-state index contributed by atoms with van der Waals surface area (Å²) in [5, 5.41) is 8.34. The average Bonchev–Trinajstić information content (AvgIpc) is 2.25. The molecule has 0 bridgehead atoms. The number of nitrogens with two attached hydrogens (primary N) is 1. The molecule has 0 radical (unpaired) electrons. The smallest absolute Gasteiger partial charge is 0.336 e. The van der Waals surface area contributed by atoms with Gasteiger partial charge in [0.05, 0.1) is 18.4 Å². The summed E-state index contributed by atoms with van der Waals surface area (Å²) < 4.78 is 4.68. The van der Waals surface area contributed by atoms with Crippen molar-refractivity contribution >= 4 is 11.9 Å². The maximum Gasteiger partial charge on any atom is 0.336 e. The van der Waals surface area contributed by atoms with E-state index < -0.39 is 11.9 Å². The molecule has 1 amide bonds. The Bertz CT molecular complexity index is 246. The quantitative estimate of drug-likeness (QED) is 0.417. The van der Waals surface area contributed by atoms with Crippen LogP contribution in [0, 0.1) is 0 Å². The molecule has 15 heavy (non-hydrogen) atoms. The first kappa shape index (κ1) is 15.7. The van der Waals surface area contributed by atoms with Gasteiger partial charge in [0.2, 0.25) is 5.91 Å². The summed E-state index contributed by atoms with van der Waals surface area (Å²) in [6.45, 7) is 6.90. The summed E-state index contributed by atoms with van der Waals surface area (Å²) in [7, 11) is 0. The van der Waals surface area contributed by atoms with Crippen molar-refractivity contribution in [1.82, 2.24) is 0 Å². The number of ether oxygens (including phenoxy) is 1. The molecule has 0 fully saturated rings. The molecule has 0 aromatic rings. The number of amides is 1. The van der Waals surface area contributed by atoms with Crippen LogP contribution >= 0.6 is 0 Å². The number of carbonyl (C=O) groups excluding carboxylic acids is 2. The Morgan fingerprint density at radius 3 is 2.27 bits per heavy atom. The molecule has 5 heteroatoms. The SMILES string of the molecule is C=CC(N)=O.CCCOC(=O)C(C)=CO. The highest BCUT2D eigenvalue weighted by Gasteiger charge is 2.03. The maximum absolute atomic E-state index is 10.7. The van der Waals surface area contributed by atoms with Crippen LogP contribution in [0.15, 0.2) is 24.5 Å². The summed E-state index contributed by atoms with van der Waals surface area (Å²) in [6, 6.07) is 0. The number of aliphatic hydroxyl groups excluding tert-OH is 1. The van der Waals surface area contributed by atoms with Crippen LogP contribution < -0.4 is 5.73 Å². The van der Waals surface area contributed by atoms with Crippen molar-refractivity contribution in [3.63, 3.8) is 0 Å². The van der Waals surface area contributed by atoms with E-state index in [1.807, 2.05) is 6.92 Å². The Labute approximate surface area is 89.2 Å². The normalized spacial score (nSPS) is 9.60. The monoisotopic (exact) mass is 215 g/mol. The second-order valence-corrected chi connectivity index (χ2v) is 2.55. The Balaban J connectivity index is 0. The topological polar surface area (TPSA) is 89.6 Å². The lowest BCUT2D eigenvalue weighted by Gasteiger charge is -2.00. The van der Waals surface area contributed by atoms with Crippen LogP contribution in [-0.4, -0.2) is 23.6 Å². The van der Waals surface area contributed by atoms with E-state index in [4.69, 9.17) is 5.11 Å². The summed E-state index contributed by atoms with van der Waals surface area (Å²) in [6.07, 6.45) is 2.60. The molecule has 0 aromatic heterocycles. The number of rotatable bonds is 4. The highest BCUT2D eigenvalue weighted by Crippen LogP contribution is 1.94. The van der Waals surface area contributed by atoms with Gasteiger partial charge in [-0.2, -0.15) is 0 Å². The number of carbonyl (C=O) groups is 2. The summed E-state index contributed by atoms with van der Waals surface area (Å²) in [5.41, 5.74) is 4.76. The standard InChI is InChI=1S/C7H12O3.C3H5NO/c1-3-4-10-7(9)6(2)5-8;1-2-3(4)5/h5,8H,3-4H2,1-2H3;2H,1H2,(H2,4,5). The lowest BCUT2D eigenvalue weighted by molar-refractivity contribution is -0.139. The Hall–Kier alpha value is -1.78. The summed E-state index contributed by atoms with van der Waals surface area (Å²) in [5.74, 6) is -0.936. The third kappa shape index (κ3) is 12.2. The van der Waals surface area contributed by atoms with E-state index in [-0.39, 0.29) is 5.57 Å². The first-order valence-electron chi connectivity index (χ1n) is 4.39. The van der Waals surface area contributed by atoms with Gasteiger partial charge in [-0.05, 0) is 19.4 Å². The Morgan fingerprint density at radius 1 is 1.53 bits per heavy atom. The van der Waals surface area contributed by atoms with Gasteiger partial charge >= 0.3 is 5.97 Å².